The van der Waals surface area contributed by atoms with E-state index in [1.54, 1.807) is 99.0 Å². The van der Waals surface area contributed by atoms with Gasteiger partial charge in [0.25, 0.3) is 23.6 Å². The van der Waals surface area contributed by atoms with Crippen LogP contribution in [0.4, 0.5) is 48.5 Å². The second-order valence-corrected chi connectivity index (χ2v) is 28.9. The summed E-state index contributed by atoms with van der Waals surface area (Å²) in [6.45, 7) is 12.7. The highest BCUT2D eigenvalue weighted by atomic mass is 35.5. The van der Waals surface area contributed by atoms with E-state index in [9.17, 15) is 89.9 Å². The molecule has 0 bridgehead atoms. The van der Waals surface area contributed by atoms with Crippen LogP contribution in [0.2, 0.25) is 0 Å². The van der Waals surface area contributed by atoms with Gasteiger partial charge >= 0.3 is 42.4 Å². The molecule has 0 aliphatic carbocycles. The highest BCUT2D eigenvalue weighted by Crippen LogP contribution is 2.20. The highest BCUT2D eigenvalue weighted by Gasteiger charge is 2.41. The molecule has 2 aliphatic heterocycles. The molecule has 0 spiro atoms. The number of alkyl halides is 5. The fraction of sp³-hybridized carbons (Fsp3) is 0.568. The van der Waals surface area contributed by atoms with E-state index >= 15 is 0 Å². The van der Waals surface area contributed by atoms with Gasteiger partial charge in [0.15, 0.2) is 0 Å². The summed E-state index contributed by atoms with van der Waals surface area (Å²) in [6, 6.07) is 7.15. The van der Waals surface area contributed by atoms with Gasteiger partial charge in [0.05, 0.1) is 5.34 Å². The van der Waals surface area contributed by atoms with Gasteiger partial charge in [-0.1, -0.05) is 64.8 Å². The lowest BCUT2D eigenvalue weighted by Gasteiger charge is -2.26. The molecule has 12 N–H and O–H groups in total. The summed E-state index contributed by atoms with van der Waals surface area (Å²) in [4.78, 5) is 203. The van der Waals surface area contributed by atoms with Gasteiger partial charge in [0.2, 0.25) is 35.4 Å². The molecule has 0 saturated heterocycles. The van der Waals surface area contributed by atoms with Crippen LogP contribution in [0.1, 0.15) is 137 Å². The zero-order valence-corrected chi connectivity index (χ0v) is 67.7. The van der Waals surface area contributed by atoms with Gasteiger partial charge in [-0.15, -0.1) is 23.2 Å². The van der Waals surface area contributed by atoms with Crippen molar-refractivity contribution >= 4 is 130 Å². The predicted molar refractivity (Wildman–Crippen MR) is 415 cm³/mol. The number of amides is 18. The minimum atomic E-state index is -5.03. The number of ether oxygens (including phenoxy) is 3. The number of imide groups is 2. The largest absolute Gasteiger partial charge is 0.471 e. The number of anilines is 2. The number of likely N-dealkylation sites (N-methyl/N-ethyl adjacent to an activating group) is 4. The zero-order valence-electron chi connectivity index (χ0n) is 66.1. The molecular formula is C74H109Cl2F3N16O19. The second-order valence-electron chi connectivity index (χ2n) is 28.1. The summed E-state index contributed by atoms with van der Waals surface area (Å²) in [5.41, 5.74) is 11.5. The topological polar surface area (TPSA) is 469 Å². The lowest BCUT2D eigenvalue weighted by atomic mass is 10.0. The number of hydrogen-bond acceptors (Lipinski definition) is 19. The molecule has 634 valence electrons. The Hall–Kier alpha value is -10.8. The third-order valence-corrected chi connectivity index (χ3v) is 16.7. The van der Waals surface area contributed by atoms with Crippen LogP contribution >= 0.6 is 23.2 Å². The number of primary amides is 2. The minimum Gasteiger partial charge on any atom is -0.445 e. The molecule has 0 radical (unpaired) electrons. The number of carbonyl (C=O) groups excluding carboxylic acids is 16. The normalized spacial score (nSPS) is 13.3. The van der Waals surface area contributed by atoms with Gasteiger partial charge in [-0.3, -0.25) is 62.5 Å². The minimum absolute atomic E-state index is 0.0501. The Balaban J connectivity index is 0.000000747. The molecule has 0 aromatic heterocycles. The first kappa shape index (κ1) is 99.3. The van der Waals surface area contributed by atoms with Crippen molar-refractivity contribution in [2.24, 2.45) is 23.3 Å². The Morgan fingerprint density at radius 3 is 1.10 bits per heavy atom. The number of halogens is 5. The predicted octanol–water partition coefficient (Wildman–Crippen LogP) is 5.82. The quantitative estimate of drug-likeness (QED) is 0.0162. The van der Waals surface area contributed by atoms with E-state index < -0.39 is 102 Å². The fourth-order valence-corrected chi connectivity index (χ4v) is 10.3. The van der Waals surface area contributed by atoms with Crippen LogP contribution in [-0.2, 0) is 80.2 Å². The van der Waals surface area contributed by atoms with Gasteiger partial charge in [-0.25, -0.2) is 24.0 Å². The number of hydrogen-bond donors (Lipinski definition) is 10. The number of benzene rings is 2. The molecular weight excluding hydrogens is 1540 g/mol. The van der Waals surface area contributed by atoms with Gasteiger partial charge < -0.3 is 87.8 Å². The van der Waals surface area contributed by atoms with Crippen LogP contribution in [0, 0.1) is 11.8 Å². The Kier molecular flexibility index (Phi) is 44.5. The van der Waals surface area contributed by atoms with Gasteiger partial charge in [0.1, 0.15) is 43.0 Å². The van der Waals surface area contributed by atoms with E-state index in [-0.39, 0.29) is 144 Å². The van der Waals surface area contributed by atoms with Crippen molar-refractivity contribution in [3.8, 4) is 0 Å². The summed E-state index contributed by atoms with van der Waals surface area (Å²) in [6.07, 6.45) is 2.04. The Morgan fingerprint density at radius 1 is 0.465 bits per heavy atom. The Labute approximate surface area is 670 Å². The van der Waals surface area contributed by atoms with Gasteiger partial charge in [-0.2, -0.15) is 13.2 Å². The molecule has 0 unspecified atom stereocenters. The molecule has 2 aliphatic rings. The monoisotopic (exact) mass is 1650 g/mol. The third kappa shape index (κ3) is 39.6. The van der Waals surface area contributed by atoms with Crippen LogP contribution < -0.4 is 54.0 Å². The number of nitrogens with one attached hydrogen (secondary N) is 8. The van der Waals surface area contributed by atoms with Crippen molar-refractivity contribution < 1.29 is 104 Å². The van der Waals surface area contributed by atoms with Crippen LogP contribution in [0.5, 0.6) is 0 Å². The second kappa shape index (κ2) is 51.0. The number of unbranched alkanes of at least 4 members (excludes halogenated alkanes) is 4. The number of carbonyl (C=O) groups is 16. The van der Waals surface area contributed by atoms with E-state index in [0.717, 1.165) is 21.7 Å². The van der Waals surface area contributed by atoms with Crippen LogP contribution in [0.25, 0.3) is 0 Å². The first-order valence-corrected chi connectivity index (χ1v) is 37.8. The molecule has 40 heteroatoms. The maximum Gasteiger partial charge on any atom is 0.471 e. The first-order valence-electron chi connectivity index (χ1n) is 36.8. The maximum atomic E-state index is 13.4. The highest BCUT2D eigenvalue weighted by molar-refractivity contribution is 6.40. The molecule has 114 heavy (non-hydrogen) atoms. The average molecular weight is 1650 g/mol. The summed E-state index contributed by atoms with van der Waals surface area (Å²) in [5.74, 6) is -7.21. The molecule has 35 nitrogen and oxygen atoms in total. The Morgan fingerprint density at radius 2 is 0.789 bits per heavy atom. The molecule has 0 fully saturated rings. The maximum absolute atomic E-state index is 13.4. The number of nitrogens with two attached hydrogens (primary N) is 2. The van der Waals surface area contributed by atoms with Crippen molar-refractivity contribution in [2.75, 3.05) is 96.5 Å². The fourth-order valence-electron chi connectivity index (χ4n) is 10.3. The van der Waals surface area contributed by atoms with E-state index in [1.807, 2.05) is 0 Å². The zero-order chi connectivity index (χ0) is 86.0. The lowest BCUT2D eigenvalue weighted by molar-refractivity contribution is -0.184. The van der Waals surface area contributed by atoms with E-state index in [0.29, 0.717) is 72.3 Å². The van der Waals surface area contributed by atoms with Crippen LogP contribution in [0.15, 0.2) is 72.8 Å². The molecule has 0 saturated carbocycles. The van der Waals surface area contributed by atoms with Crippen LogP contribution in [-0.4, -0.2) is 247 Å². The summed E-state index contributed by atoms with van der Waals surface area (Å²) in [7, 11) is 5.39. The summed E-state index contributed by atoms with van der Waals surface area (Å²) in [5, 5.41) is 21.4. The van der Waals surface area contributed by atoms with E-state index in [2.05, 4.69) is 42.5 Å². The van der Waals surface area contributed by atoms with E-state index in [1.165, 1.54) is 53.3 Å². The van der Waals surface area contributed by atoms with Gasteiger partial charge in [-0.05, 0) is 119 Å². The first-order chi connectivity index (χ1) is 53.5. The molecule has 2 heterocycles. The number of nitrogens with zero attached hydrogens (tertiary/aromatic N) is 6. The number of urea groups is 2. The molecule has 2 aromatic carbocycles. The van der Waals surface area contributed by atoms with Crippen LogP contribution in [0.3, 0.4) is 0 Å². The average Bonchev–Trinajstić information content (AvgIpc) is 1.35. The number of rotatable bonds is 42. The van der Waals surface area contributed by atoms with Gasteiger partial charge in [0, 0.05) is 129 Å². The lowest BCUT2D eigenvalue weighted by Crippen LogP contribution is -2.54. The summed E-state index contributed by atoms with van der Waals surface area (Å²) >= 11 is 9.53. The standard InChI is InChI=1S/C38H58N8O10.C35H49F3N8O9.CH2Cl2/c1-25(2)32(43-29(47)13-9-8-10-21-46-30(48)18-19-31(46)49)34(51)42-28(12-11-20-40-35(39)52)33(50)41-27-16-14-26(15-17-27)24-55-36(53)44(6)22-23-45(7)37(54)56-38(3,4)5;1-22(2)29(43-26(47)10-6-5-7-18-46-27(48)15-16-28(46)49)31(51)42-25(9-8-17-40-33(39)53)30(50)41-24-13-11-23(12-14-24)21-55-34(54)45(4)20-19-44(3)32(52)35(36,37)38;2-1-3/h14-19,25,28,32H,8-13,20-24H2,1-7H3,(H,41,50)(H,42,51)(H,43,47)(H3,39,40,52);11-16,22,25,29H,5-10,17-21H2,1-4H3,(H,41,50)(H,42,51)(H,43,47)(H3,39,40,53);1H2/t28-,32-;25-,29-;/m00./s1. The van der Waals surface area contributed by atoms with E-state index in [4.69, 9.17) is 48.9 Å². The van der Waals surface area contributed by atoms with Crippen molar-refractivity contribution in [2.45, 2.75) is 175 Å². The summed E-state index contributed by atoms with van der Waals surface area (Å²) < 4.78 is 53.6. The molecule has 18 amide bonds. The Bertz CT molecular complexity index is 3610. The smallest absolute Gasteiger partial charge is 0.445 e. The van der Waals surface area contributed by atoms with Crippen molar-refractivity contribution in [1.82, 2.24) is 61.3 Å². The van der Waals surface area contributed by atoms with Crippen molar-refractivity contribution in [1.29, 1.82) is 0 Å². The molecule has 2 aromatic rings. The molecule has 4 atom stereocenters. The molecule has 4 rings (SSSR count). The van der Waals surface area contributed by atoms with Crippen molar-refractivity contribution in [3.63, 3.8) is 0 Å². The third-order valence-electron chi connectivity index (χ3n) is 16.7. The SMILES string of the molecule is CC(C)[C@H](NC(=O)CCCCCN1C(=O)C=CC1=O)C(=O)N[C@@H](CCCNC(N)=O)C(=O)Nc1ccc(COC(=O)N(C)CCN(C)C(=O)C(F)(F)F)cc1.CC(C)[C@H](NC(=O)CCCCCN1C(=O)C=CC1=O)C(=O)N[C@@H](CCCNC(N)=O)C(=O)Nc1ccc(COC(=O)N(C)CCN(C)C(=O)OC(C)(C)C)cc1.ClCCl. The van der Waals surface area contributed by atoms with Crippen molar-refractivity contribution in [3.05, 3.63) is 84.0 Å².